The van der Waals surface area contributed by atoms with Gasteiger partial charge >= 0.3 is 0 Å². The maximum absolute atomic E-state index is 12.7. The third-order valence-electron chi connectivity index (χ3n) is 7.35. The molecule has 3 rings (SSSR count). The summed E-state index contributed by atoms with van der Waals surface area (Å²) in [4.78, 5) is 12.7. The van der Waals surface area contributed by atoms with Crippen LogP contribution in [0.15, 0.2) is 55.2 Å². The van der Waals surface area contributed by atoms with Crippen molar-refractivity contribution in [2.75, 3.05) is 7.11 Å². The van der Waals surface area contributed by atoms with Crippen molar-refractivity contribution in [2.24, 2.45) is 23.7 Å². The van der Waals surface area contributed by atoms with Gasteiger partial charge in [0.15, 0.2) is 11.5 Å². The standard InChI is InChI=1S/C26H36O3Si/c1-9-19-16-20(25-21(27)12-10-17(2)24(19)25)14-18-11-13-22(28-6)23(15-18)29-30(7,8)26(3,4)5/h9-13,15,19-20,24-25H,1-2,14,16H2,3-8H3/t19-,20-,24+,25+/m1/s1. The number of allylic oxidation sites excluding steroid dienone is 4. The number of ether oxygens (including phenoxy) is 1. The summed E-state index contributed by atoms with van der Waals surface area (Å²) in [5, 5.41) is 0.102. The molecule has 1 aromatic rings. The number of hydrogen-bond acceptors (Lipinski definition) is 3. The first-order chi connectivity index (χ1) is 14.0. The number of methoxy groups -OCH3 is 1. The van der Waals surface area contributed by atoms with Gasteiger partial charge in [-0.05, 0) is 72.5 Å². The molecule has 2 aliphatic carbocycles. The van der Waals surface area contributed by atoms with Crippen LogP contribution < -0.4 is 9.16 Å². The van der Waals surface area contributed by atoms with Gasteiger partial charge in [-0.3, -0.25) is 4.79 Å². The number of hydrogen-bond donors (Lipinski definition) is 0. The maximum atomic E-state index is 12.7. The van der Waals surface area contributed by atoms with Gasteiger partial charge in [-0.1, -0.05) is 51.1 Å². The van der Waals surface area contributed by atoms with Crippen molar-refractivity contribution in [3.8, 4) is 11.5 Å². The summed E-state index contributed by atoms with van der Waals surface area (Å²) in [7, 11) is -0.311. The van der Waals surface area contributed by atoms with Gasteiger partial charge in [-0.25, -0.2) is 0 Å². The van der Waals surface area contributed by atoms with Crippen molar-refractivity contribution in [3.63, 3.8) is 0 Å². The van der Waals surface area contributed by atoms with Crippen LogP contribution in [-0.2, 0) is 11.2 Å². The minimum atomic E-state index is -1.99. The molecule has 0 N–H and O–H groups in total. The van der Waals surface area contributed by atoms with E-state index >= 15 is 0 Å². The van der Waals surface area contributed by atoms with E-state index in [1.165, 1.54) is 5.56 Å². The maximum Gasteiger partial charge on any atom is 0.250 e. The van der Waals surface area contributed by atoms with E-state index in [4.69, 9.17) is 9.16 Å². The summed E-state index contributed by atoms with van der Waals surface area (Å²) < 4.78 is 12.2. The summed E-state index contributed by atoms with van der Waals surface area (Å²) in [5.74, 6) is 2.58. The van der Waals surface area contributed by atoms with Crippen LogP contribution in [0.5, 0.6) is 11.5 Å². The zero-order chi connectivity index (χ0) is 22.3. The van der Waals surface area contributed by atoms with Crippen LogP contribution in [0.2, 0.25) is 18.1 Å². The second kappa shape index (κ2) is 8.22. The predicted molar refractivity (Wildman–Crippen MR) is 127 cm³/mol. The van der Waals surface area contributed by atoms with E-state index in [2.05, 4.69) is 59.2 Å². The summed E-state index contributed by atoms with van der Waals surface area (Å²) in [6, 6.07) is 6.22. The first-order valence-electron chi connectivity index (χ1n) is 10.9. The van der Waals surface area contributed by atoms with Crippen LogP contribution in [0.1, 0.15) is 32.8 Å². The van der Waals surface area contributed by atoms with E-state index in [0.29, 0.717) is 5.92 Å². The molecule has 30 heavy (non-hydrogen) atoms. The van der Waals surface area contributed by atoms with Crippen LogP contribution in [0.3, 0.4) is 0 Å². The van der Waals surface area contributed by atoms with E-state index in [9.17, 15) is 4.79 Å². The largest absolute Gasteiger partial charge is 0.541 e. The van der Waals surface area contributed by atoms with Gasteiger partial charge in [-0.15, -0.1) is 6.58 Å². The third-order valence-corrected chi connectivity index (χ3v) is 11.7. The summed E-state index contributed by atoms with van der Waals surface area (Å²) in [6.45, 7) is 19.4. The van der Waals surface area contributed by atoms with Crippen LogP contribution in [0.4, 0.5) is 0 Å². The average molecular weight is 425 g/mol. The van der Waals surface area contributed by atoms with E-state index in [1.807, 2.05) is 18.2 Å². The smallest absolute Gasteiger partial charge is 0.250 e. The fraction of sp³-hybridized carbons (Fsp3) is 0.500. The van der Waals surface area contributed by atoms with Crippen molar-refractivity contribution < 1.29 is 14.0 Å². The lowest BCUT2D eigenvalue weighted by Gasteiger charge is -2.37. The lowest BCUT2D eigenvalue weighted by atomic mass is 9.75. The molecule has 0 aromatic heterocycles. The first-order valence-corrected chi connectivity index (χ1v) is 13.8. The molecule has 162 valence electrons. The lowest BCUT2D eigenvalue weighted by molar-refractivity contribution is -0.120. The summed E-state index contributed by atoms with van der Waals surface area (Å²) in [5.41, 5.74) is 2.25. The Morgan fingerprint density at radius 1 is 1.17 bits per heavy atom. The first kappa shape index (κ1) is 22.6. The number of carbonyl (C=O) groups is 1. The Balaban J connectivity index is 1.88. The Hall–Kier alpha value is -2.07. The minimum Gasteiger partial charge on any atom is -0.541 e. The monoisotopic (exact) mass is 424 g/mol. The minimum absolute atomic E-state index is 0.00244. The Bertz CT molecular complexity index is 875. The van der Waals surface area contributed by atoms with E-state index in [-0.39, 0.29) is 28.6 Å². The molecule has 0 unspecified atom stereocenters. The fourth-order valence-corrected chi connectivity index (χ4v) is 5.66. The highest BCUT2D eigenvalue weighted by Crippen LogP contribution is 2.50. The van der Waals surface area contributed by atoms with Crippen molar-refractivity contribution >= 4 is 14.1 Å². The predicted octanol–water partition coefficient (Wildman–Crippen LogP) is 6.37. The highest BCUT2D eigenvalue weighted by molar-refractivity contribution is 6.74. The molecule has 0 aliphatic heterocycles. The number of fused-ring (bicyclic) bond motifs is 1. The van der Waals surface area contributed by atoms with Crippen LogP contribution in [-0.4, -0.2) is 21.2 Å². The third kappa shape index (κ3) is 4.20. The molecule has 0 radical (unpaired) electrons. The SMILES string of the molecule is C=C[C@@H]1C[C@@H](Cc2ccc(OC)c(O[Si](C)(C)C(C)(C)C)c2)[C@H]2C(=O)C=CC(=C)[C@H]21. The molecule has 4 heteroatoms. The highest BCUT2D eigenvalue weighted by atomic mass is 28.4. The summed E-state index contributed by atoms with van der Waals surface area (Å²) >= 11 is 0. The van der Waals surface area contributed by atoms with E-state index in [1.54, 1.807) is 13.2 Å². The fourth-order valence-electron chi connectivity index (χ4n) is 4.64. The zero-order valence-electron chi connectivity index (χ0n) is 19.3. The number of carbonyl (C=O) groups excluding carboxylic acids is 1. The van der Waals surface area contributed by atoms with Gasteiger partial charge in [0, 0.05) is 5.92 Å². The van der Waals surface area contributed by atoms with Crippen LogP contribution >= 0.6 is 0 Å². The highest BCUT2D eigenvalue weighted by Gasteiger charge is 2.47. The Labute approximate surface area is 183 Å². The quantitative estimate of drug-likeness (QED) is 0.393. The number of ketones is 1. The lowest BCUT2D eigenvalue weighted by Crippen LogP contribution is -2.44. The molecule has 0 amide bonds. The van der Waals surface area contributed by atoms with Crippen molar-refractivity contribution in [1.82, 2.24) is 0 Å². The molecule has 3 nitrogen and oxygen atoms in total. The van der Waals surface area contributed by atoms with Crippen LogP contribution in [0.25, 0.3) is 0 Å². The summed E-state index contributed by atoms with van der Waals surface area (Å²) in [6.07, 6.45) is 7.42. The van der Waals surface area contributed by atoms with Gasteiger partial charge in [0.2, 0.25) is 0 Å². The molecular formula is C26H36O3Si. The molecule has 0 saturated heterocycles. The topological polar surface area (TPSA) is 35.5 Å². The second-order valence-electron chi connectivity index (χ2n) is 10.3. The van der Waals surface area contributed by atoms with Gasteiger partial charge in [0.1, 0.15) is 5.75 Å². The van der Waals surface area contributed by atoms with Crippen molar-refractivity contribution in [1.29, 1.82) is 0 Å². The van der Waals surface area contributed by atoms with E-state index in [0.717, 1.165) is 29.9 Å². The molecule has 1 saturated carbocycles. The Morgan fingerprint density at radius 2 is 1.87 bits per heavy atom. The molecule has 1 aromatic carbocycles. The van der Waals surface area contributed by atoms with Gasteiger partial charge in [-0.2, -0.15) is 0 Å². The number of benzene rings is 1. The van der Waals surface area contributed by atoms with Gasteiger partial charge < -0.3 is 9.16 Å². The average Bonchev–Trinajstić information content (AvgIpc) is 3.03. The molecule has 4 atom stereocenters. The van der Waals surface area contributed by atoms with Gasteiger partial charge in [0.05, 0.1) is 7.11 Å². The molecule has 1 fully saturated rings. The molecular weight excluding hydrogens is 388 g/mol. The van der Waals surface area contributed by atoms with Crippen molar-refractivity contribution in [2.45, 2.75) is 51.7 Å². The Morgan fingerprint density at radius 3 is 2.47 bits per heavy atom. The Kier molecular flexibility index (Phi) is 6.19. The zero-order valence-corrected chi connectivity index (χ0v) is 20.3. The molecule has 0 bridgehead atoms. The normalized spacial score (nSPS) is 26.5. The van der Waals surface area contributed by atoms with Gasteiger partial charge in [0.25, 0.3) is 8.32 Å². The van der Waals surface area contributed by atoms with Crippen molar-refractivity contribution in [3.05, 3.63) is 60.7 Å². The second-order valence-corrected chi connectivity index (χ2v) is 15.0. The molecule has 2 aliphatic rings. The number of rotatable bonds is 6. The van der Waals surface area contributed by atoms with E-state index < -0.39 is 8.32 Å². The molecule has 0 heterocycles. The molecule has 0 spiro atoms. The van der Waals surface area contributed by atoms with Crippen LogP contribution in [0, 0.1) is 23.7 Å².